The third-order valence-electron chi connectivity index (χ3n) is 20.3. The molecule has 3 saturated heterocycles. The standard InChI is InChI=1S/C33H45ClN2O10.2C31H44N2O9/c1-4-40-22-42-28-18-25-17-26(35-44-21-30(37)36-15-7-6-8-16-36)12-10-14-27(46-31(38)20-34)13-9-11-24(3)45-33(39)32(25)29(19-28)43-23-41-5-2;2*1-4-37-21-39-27-18-24-17-25(32-41-20-29(35)33-15-7-6-8-16-33)12-10-14-26(34)13-9-11-23(3)42-31(36)30(24)28(19-27)40-22-38-5-2/h9-10,12-13,18-19,24,27H,4-8,11,14-17,20-23H2,1-3H3;2*9-10,12-13,18-19,23,26,34H,4-8,11,14-17,20-22H2,1-3H3/b12-10+,13-9+,35-26?;2*12-10+,13-9+,32-25?/t24-,27-;23-,26+;23-,26-/m111/s1. The molecular weight excluding hydrogens is 1710 g/mol. The summed E-state index contributed by atoms with van der Waals surface area (Å²) < 4.78 is 90.0. The van der Waals surface area contributed by atoms with Crippen LogP contribution in [0.3, 0.4) is 0 Å². The number of rotatable bonds is 35. The van der Waals surface area contributed by atoms with Crippen molar-refractivity contribution in [3.63, 3.8) is 0 Å². The molecular formula is C95H133ClN6O28. The van der Waals surface area contributed by atoms with Crippen molar-refractivity contribution in [1.82, 2.24) is 14.7 Å². The Morgan fingerprint density at radius 2 is 0.669 bits per heavy atom. The van der Waals surface area contributed by atoms with Gasteiger partial charge in [0.25, 0.3) is 17.7 Å². The number of nitrogens with zero attached hydrogens (tertiary/aromatic N) is 6. The van der Waals surface area contributed by atoms with Crippen LogP contribution in [0.2, 0.25) is 0 Å². The highest BCUT2D eigenvalue weighted by Crippen LogP contribution is 2.36. The maximum Gasteiger partial charge on any atom is 0.342 e. The number of ether oxygens (including phenoxy) is 16. The van der Waals surface area contributed by atoms with Gasteiger partial charge < -0.3 is 115 Å². The zero-order valence-corrected chi connectivity index (χ0v) is 77.5. The number of aliphatic hydroxyl groups excluding tert-OH is 2. The van der Waals surface area contributed by atoms with E-state index in [1.54, 1.807) is 145 Å². The predicted octanol–water partition coefficient (Wildman–Crippen LogP) is 13.3. The number of benzene rings is 3. The molecule has 6 aliphatic heterocycles. The van der Waals surface area contributed by atoms with Crippen LogP contribution in [0.25, 0.3) is 0 Å². The molecule has 2 N–H and O–H groups in total. The minimum absolute atomic E-state index is 0.00840. The Balaban J connectivity index is 0.000000267. The van der Waals surface area contributed by atoms with E-state index in [1.165, 1.54) is 0 Å². The second-order valence-electron chi connectivity index (χ2n) is 30.7. The number of carbonyl (C=O) groups is 7. The molecule has 34 nitrogen and oxygen atoms in total. The Bertz CT molecular complexity index is 4090. The number of piperidine rings is 3. The minimum Gasteiger partial charge on any atom is -0.467 e. The van der Waals surface area contributed by atoms with E-state index >= 15 is 0 Å². The smallest absolute Gasteiger partial charge is 0.342 e. The monoisotopic (exact) mass is 1840 g/mol. The van der Waals surface area contributed by atoms with Gasteiger partial charge in [0.05, 0.1) is 29.3 Å². The van der Waals surface area contributed by atoms with Gasteiger partial charge in [-0.05, 0) is 192 Å². The minimum atomic E-state index is -0.723. The quantitative estimate of drug-likeness (QED) is 0.0105. The summed E-state index contributed by atoms with van der Waals surface area (Å²) in [5, 5.41) is 33.5. The topological polar surface area (TPSA) is 382 Å². The molecule has 0 spiro atoms. The molecule has 6 atom stereocenters. The summed E-state index contributed by atoms with van der Waals surface area (Å²) in [6.07, 6.45) is 29.0. The number of esters is 4. The van der Waals surface area contributed by atoms with E-state index in [4.69, 9.17) is 102 Å². The van der Waals surface area contributed by atoms with Gasteiger partial charge in [0.1, 0.15) is 81.5 Å². The number of oxime groups is 3. The first-order valence-corrected chi connectivity index (χ1v) is 45.6. The molecule has 0 bridgehead atoms. The SMILES string of the molecule is CCOCOc1cc2c(c(OCOCC)c1)C(=O)O[C@H](C)C/C=C/[C@@H](O)C/C=C/C(=NOCC(=O)N1CCCCC1)C2.CCOCOc1cc2c(c(OCOCC)c1)C(=O)O[C@H](C)C/C=C/[C@@H](OC(=O)CCl)C/C=C/C(=NOCC(=O)N1CCCCC1)C2.CCOCOc1cc2c(c(OCOCC)c1)C(=O)O[C@H](C)C/C=C/[C@H](O)C/C=C/C(=NOCC(=O)N1CCCCC1)C2. The number of hydrogen-bond donors (Lipinski definition) is 2. The van der Waals surface area contributed by atoms with Crippen LogP contribution in [0.1, 0.15) is 206 Å². The third kappa shape index (κ3) is 40.1. The first kappa shape index (κ1) is 107. The van der Waals surface area contributed by atoms with Gasteiger partial charge in [-0.25, -0.2) is 14.4 Å². The Morgan fingerprint density at radius 1 is 0.385 bits per heavy atom. The Labute approximate surface area is 767 Å². The summed E-state index contributed by atoms with van der Waals surface area (Å²) in [6.45, 7) is 22.4. The summed E-state index contributed by atoms with van der Waals surface area (Å²) in [4.78, 5) is 113. The van der Waals surface area contributed by atoms with Gasteiger partial charge in [-0.2, -0.15) is 0 Å². The molecule has 0 aliphatic carbocycles. The lowest BCUT2D eigenvalue weighted by atomic mass is 9.99. The molecule has 0 unspecified atom stereocenters. The fraction of sp³-hybridized carbons (Fsp3) is 0.579. The third-order valence-corrected chi connectivity index (χ3v) is 20.5. The Morgan fingerprint density at radius 3 is 0.962 bits per heavy atom. The molecule has 9 rings (SSSR count). The van der Waals surface area contributed by atoms with Gasteiger partial charge in [0, 0.05) is 142 Å². The Kier molecular flexibility index (Phi) is 50.9. The first-order valence-electron chi connectivity index (χ1n) is 45.0. The molecule has 6 aliphatic rings. The molecule has 3 aromatic rings. The van der Waals surface area contributed by atoms with Gasteiger partial charge >= 0.3 is 23.9 Å². The molecule has 3 amide bonds. The van der Waals surface area contributed by atoms with E-state index in [-0.39, 0.29) is 137 Å². The normalized spacial score (nSPS) is 22.0. The zero-order chi connectivity index (χ0) is 93.5. The van der Waals surface area contributed by atoms with Crippen LogP contribution in [-0.4, -0.2) is 266 Å². The van der Waals surface area contributed by atoms with E-state index in [9.17, 15) is 43.8 Å². The number of amides is 3. The fourth-order valence-corrected chi connectivity index (χ4v) is 13.7. The van der Waals surface area contributed by atoms with E-state index in [2.05, 4.69) is 15.5 Å². The maximum absolute atomic E-state index is 13.7. The summed E-state index contributed by atoms with van der Waals surface area (Å²) >= 11 is 5.67. The number of hydrogen-bond acceptors (Lipinski definition) is 31. The van der Waals surface area contributed by atoms with Gasteiger partial charge in [-0.3, -0.25) is 19.2 Å². The van der Waals surface area contributed by atoms with Crippen molar-refractivity contribution in [1.29, 1.82) is 0 Å². The van der Waals surface area contributed by atoms with Crippen molar-refractivity contribution in [3.05, 3.63) is 143 Å². The van der Waals surface area contributed by atoms with Crippen LogP contribution in [-0.2, 0) is 100 Å². The molecule has 0 saturated carbocycles. The first-order chi connectivity index (χ1) is 63.1. The Hall–Kier alpha value is -10.4. The van der Waals surface area contributed by atoms with E-state index in [0.29, 0.717) is 169 Å². The molecule has 35 heteroatoms. The van der Waals surface area contributed by atoms with E-state index < -0.39 is 60.5 Å². The number of halogens is 1. The molecule has 718 valence electrons. The lowest BCUT2D eigenvalue weighted by Crippen LogP contribution is -2.37. The number of cyclic esters (lactones) is 3. The van der Waals surface area contributed by atoms with Crippen LogP contribution < -0.4 is 28.4 Å². The number of alkyl halides is 1. The molecule has 3 fully saturated rings. The summed E-state index contributed by atoms with van der Waals surface area (Å²) in [5.74, 6) is -1.16. The highest BCUT2D eigenvalue weighted by Gasteiger charge is 2.30. The van der Waals surface area contributed by atoms with Gasteiger partial charge in [0.15, 0.2) is 60.6 Å². The number of aliphatic hydroxyl groups is 2. The van der Waals surface area contributed by atoms with Crippen molar-refractivity contribution in [2.75, 3.05) is 145 Å². The lowest BCUT2D eigenvalue weighted by molar-refractivity contribution is -0.143. The summed E-state index contributed by atoms with van der Waals surface area (Å²) in [7, 11) is 0. The molecule has 130 heavy (non-hydrogen) atoms. The number of allylic oxidation sites excluding steroid dienone is 3. The number of carbonyl (C=O) groups excluding carboxylic acids is 7. The van der Waals surface area contributed by atoms with E-state index in [1.807, 2.05) is 41.5 Å². The lowest BCUT2D eigenvalue weighted by Gasteiger charge is -2.26. The number of likely N-dealkylation sites (tertiary alicyclic amines) is 3. The van der Waals surface area contributed by atoms with Crippen LogP contribution in [0, 0.1) is 0 Å². The average molecular weight is 1840 g/mol. The second kappa shape index (κ2) is 62.0. The van der Waals surface area contributed by atoms with Crippen molar-refractivity contribution >= 4 is 70.3 Å². The molecule has 3 aromatic carbocycles. The molecule has 0 aromatic heterocycles. The highest BCUT2D eigenvalue weighted by molar-refractivity contribution is 6.26. The van der Waals surface area contributed by atoms with Crippen molar-refractivity contribution < 1.29 is 134 Å². The van der Waals surface area contributed by atoms with Gasteiger partial charge in [-0.15, -0.1) is 11.6 Å². The van der Waals surface area contributed by atoms with Gasteiger partial charge in [-0.1, -0.05) is 64.1 Å². The summed E-state index contributed by atoms with van der Waals surface area (Å²) in [5.41, 5.74) is 3.32. The number of fused-ring (bicyclic) bond motifs is 3. The van der Waals surface area contributed by atoms with Crippen molar-refractivity contribution in [3.8, 4) is 34.5 Å². The van der Waals surface area contributed by atoms with Crippen molar-refractivity contribution in [2.24, 2.45) is 15.5 Å². The van der Waals surface area contributed by atoms with Crippen molar-refractivity contribution in [2.45, 2.75) is 215 Å². The van der Waals surface area contributed by atoms with Crippen LogP contribution >= 0.6 is 11.6 Å². The van der Waals surface area contributed by atoms with Gasteiger partial charge in [0.2, 0.25) is 0 Å². The largest absolute Gasteiger partial charge is 0.467 e. The highest BCUT2D eigenvalue weighted by atomic mass is 35.5. The second-order valence-corrected chi connectivity index (χ2v) is 30.9. The zero-order valence-electron chi connectivity index (χ0n) is 76.7. The molecule has 6 heterocycles. The summed E-state index contributed by atoms with van der Waals surface area (Å²) in [6, 6.07) is 9.88. The average Bonchev–Trinajstić information content (AvgIpc) is 0.809. The van der Waals surface area contributed by atoms with Crippen LogP contribution in [0.4, 0.5) is 0 Å². The van der Waals surface area contributed by atoms with Crippen LogP contribution in [0.5, 0.6) is 34.5 Å². The predicted molar refractivity (Wildman–Crippen MR) is 484 cm³/mol. The molecule has 0 radical (unpaired) electrons. The van der Waals surface area contributed by atoms with E-state index in [0.717, 1.165) is 57.8 Å². The maximum atomic E-state index is 13.7. The van der Waals surface area contributed by atoms with Crippen LogP contribution in [0.15, 0.2) is 125 Å². The fourth-order valence-electron chi connectivity index (χ4n) is 13.6.